The van der Waals surface area contributed by atoms with Gasteiger partial charge < -0.3 is 29.7 Å². The van der Waals surface area contributed by atoms with Crippen LogP contribution in [0.5, 0.6) is 17.2 Å². The van der Waals surface area contributed by atoms with Crippen molar-refractivity contribution in [2.75, 3.05) is 34.4 Å². The Labute approximate surface area is 184 Å². The molecule has 0 radical (unpaired) electrons. The Morgan fingerprint density at radius 1 is 1.10 bits per heavy atom. The second-order valence-electron chi connectivity index (χ2n) is 7.86. The molecular formula is C24H34N3O4+. The van der Waals surface area contributed by atoms with Crippen molar-refractivity contribution < 1.29 is 23.9 Å². The zero-order chi connectivity index (χ0) is 22.4. The van der Waals surface area contributed by atoms with Gasteiger partial charge in [0.1, 0.15) is 18.3 Å². The summed E-state index contributed by atoms with van der Waals surface area (Å²) in [4.78, 5) is 13.7. The lowest BCUT2D eigenvalue weighted by molar-refractivity contribution is -0.948. The van der Waals surface area contributed by atoms with Crippen LogP contribution >= 0.6 is 0 Å². The molecule has 0 saturated carbocycles. The summed E-state index contributed by atoms with van der Waals surface area (Å²) >= 11 is 0. The fourth-order valence-electron chi connectivity index (χ4n) is 4.44. The van der Waals surface area contributed by atoms with Gasteiger partial charge in [0.05, 0.1) is 33.9 Å². The van der Waals surface area contributed by atoms with Crippen molar-refractivity contribution in [3.63, 3.8) is 0 Å². The van der Waals surface area contributed by atoms with Crippen LogP contribution in [0, 0.1) is 0 Å². The minimum atomic E-state index is -0.147. The Balaban J connectivity index is 1.95. The van der Waals surface area contributed by atoms with E-state index in [9.17, 15) is 4.79 Å². The van der Waals surface area contributed by atoms with E-state index in [1.165, 1.54) is 21.6 Å². The van der Waals surface area contributed by atoms with E-state index in [0.29, 0.717) is 12.3 Å². The average Bonchev–Trinajstić information content (AvgIpc) is 2.78. The molecule has 1 heterocycles. The maximum Gasteiger partial charge on any atom is 0.315 e. The highest BCUT2D eigenvalue weighted by atomic mass is 16.5. The van der Waals surface area contributed by atoms with Gasteiger partial charge in [0.15, 0.2) is 11.5 Å². The molecule has 7 nitrogen and oxygen atoms in total. The normalized spacial score (nSPS) is 18.5. The molecule has 7 heteroatoms. The van der Waals surface area contributed by atoms with Crippen molar-refractivity contribution in [3.8, 4) is 17.2 Å². The number of benzene rings is 2. The van der Waals surface area contributed by atoms with Gasteiger partial charge in [0.2, 0.25) is 0 Å². The van der Waals surface area contributed by atoms with Gasteiger partial charge in [-0.1, -0.05) is 0 Å². The van der Waals surface area contributed by atoms with Crippen molar-refractivity contribution in [1.82, 2.24) is 10.6 Å². The highest BCUT2D eigenvalue weighted by molar-refractivity contribution is 5.74. The van der Waals surface area contributed by atoms with Gasteiger partial charge in [-0.3, -0.25) is 0 Å². The number of nitrogens with one attached hydrogen (secondary N) is 3. The molecule has 3 rings (SSSR count). The average molecular weight is 429 g/mol. The van der Waals surface area contributed by atoms with E-state index in [1.54, 1.807) is 21.3 Å². The van der Waals surface area contributed by atoms with Crippen molar-refractivity contribution in [2.24, 2.45) is 0 Å². The first-order chi connectivity index (χ1) is 15.0. The minimum Gasteiger partial charge on any atom is -0.497 e. The van der Waals surface area contributed by atoms with Crippen LogP contribution in [0.25, 0.3) is 0 Å². The molecule has 1 aliphatic rings. The largest absolute Gasteiger partial charge is 0.497 e. The number of amides is 2. The SMILES string of the molecule is CCNC(=O)N[C@H](C)[C@@H]1c2cc(OC)c(OC)cc2CC[NH+]1Cc1ccc(OC)cc1. The Morgan fingerprint density at radius 3 is 2.39 bits per heavy atom. The summed E-state index contributed by atoms with van der Waals surface area (Å²) < 4.78 is 16.4. The lowest BCUT2D eigenvalue weighted by Gasteiger charge is -2.38. The van der Waals surface area contributed by atoms with E-state index < -0.39 is 0 Å². The Bertz CT molecular complexity index is 885. The first kappa shape index (κ1) is 22.7. The van der Waals surface area contributed by atoms with Crippen LogP contribution in [0.15, 0.2) is 36.4 Å². The standard InChI is InChI=1S/C24H33N3O4/c1-6-25-24(28)26-16(2)23-20-14-22(31-5)21(30-4)13-18(20)11-12-27(23)15-17-7-9-19(29-3)10-8-17/h7-10,13-14,16,23H,6,11-12,15H2,1-5H3,(H2,25,26,28)/p+1/t16-,23-/m1/s1. The van der Waals surface area contributed by atoms with E-state index in [2.05, 4.69) is 41.8 Å². The molecule has 31 heavy (non-hydrogen) atoms. The minimum absolute atomic E-state index is 0.0723. The lowest BCUT2D eigenvalue weighted by atomic mass is 9.87. The third-order valence-electron chi connectivity index (χ3n) is 5.92. The zero-order valence-electron chi connectivity index (χ0n) is 19.1. The fourth-order valence-corrected chi connectivity index (χ4v) is 4.44. The first-order valence-electron chi connectivity index (χ1n) is 10.8. The Kier molecular flexibility index (Phi) is 7.63. The second kappa shape index (κ2) is 10.4. The Morgan fingerprint density at radius 2 is 1.77 bits per heavy atom. The smallest absolute Gasteiger partial charge is 0.315 e. The van der Waals surface area contributed by atoms with Crippen LogP contribution < -0.4 is 29.7 Å². The first-order valence-corrected chi connectivity index (χ1v) is 10.8. The van der Waals surface area contributed by atoms with Gasteiger partial charge in [-0.15, -0.1) is 0 Å². The molecule has 1 unspecified atom stereocenters. The summed E-state index contributed by atoms with van der Waals surface area (Å²) in [7, 11) is 4.99. The van der Waals surface area contributed by atoms with Gasteiger partial charge in [0, 0.05) is 24.1 Å². The van der Waals surface area contributed by atoms with Gasteiger partial charge >= 0.3 is 6.03 Å². The molecule has 2 aromatic carbocycles. The van der Waals surface area contributed by atoms with Gasteiger partial charge in [0.25, 0.3) is 0 Å². The number of ether oxygens (including phenoxy) is 3. The van der Waals surface area contributed by atoms with Gasteiger partial charge in [-0.05, 0) is 55.8 Å². The number of fused-ring (bicyclic) bond motifs is 1. The van der Waals surface area contributed by atoms with Crippen molar-refractivity contribution >= 4 is 6.03 Å². The predicted molar refractivity (Wildman–Crippen MR) is 120 cm³/mol. The maximum atomic E-state index is 12.3. The molecule has 0 spiro atoms. The number of carbonyl (C=O) groups excluding carboxylic acids is 1. The Hall–Kier alpha value is -2.93. The number of rotatable bonds is 8. The molecule has 1 aliphatic heterocycles. The van der Waals surface area contributed by atoms with Crippen LogP contribution in [-0.4, -0.2) is 46.5 Å². The molecule has 0 aliphatic carbocycles. The number of hydrogen-bond acceptors (Lipinski definition) is 4. The molecular weight excluding hydrogens is 394 g/mol. The van der Waals surface area contributed by atoms with Crippen LogP contribution in [0.4, 0.5) is 4.79 Å². The van der Waals surface area contributed by atoms with Crippen LogP contribution in [0.1, 0.15) is 36.6 Å². The summed E-state index contributed by atoms with van der Waals surface area (Å²) in [6, 6.07) is 12.2. The molecule has 0 fully saturated rings. The molecule has 0 aromatic heterocycles. The molecule has 2 amide bonds. The van der Waals surface area contributed by atoms with Crippen molar-refractivity contribution in [2.45, 2.75) is 38.9 Å². The number of methoxy groups -OCH3 is 3. The highest BCUT2D eigenvalue weighted by Crippen LogP contribution is 2.35. The third kappa shape index (κ3) is 5.22. The van der Waals surface area contributed by atoms with E-state index in [0.717, 1.165) is 31.0 Å². The molecule has 2 aromatic rings. The summed E-state index contributed by atoms with van der Waals surface area (Å²) in [5.41, 5.74) is 3.66. The number of quaternary nitrogens is 1. The maximum absolute atomic E-state index is 12.3. The second-order valence-corrected chi connectivity index (χ2v) is 7.86. The number of urea groups is 1. The third-order valence-corrected chi connectivity index (χ3v) is 5.92. The molecule has 3 atom stereocenters. The zero-order valence-corrected chi connectivity index (χ0v) is 19.1. The number of hydrogen-bond donors (Lipinski definition) is 3. The van der Waals surface area contributed by atoms with E-state index in [-0.39, 0.29) is 18.1 Å². The van der Waals surface area contributed by atoms with E-state index in [1.807, 2.05) is 19.1 Å². The van der Waals surface area contributed by atoms with Crippen molar-refractivity contribution in [1.29, 1.82) is 0 Å². The van der Waals surface area contributed by atoms with Gasteiger partial charge in [-0.2, -0.15) is 0 Å². The van der Waals surface area contributed by atoms with Gasteiger partial charge in [-0.25, -0.2) is 4.79 Å². The molecule has 3 N–H and O–H groups in total. The molecule has 0 bridgehead atoms. The highest BCUT2D eigenvalue weighted by Gasteiger charge is 2.37. The molecule has 0 saturated heterocycles. The lowest BCUT2D eigenvalue weighted by Crippen LogP contribution is -3.13. The van der Waals surface area contributed by atoms with E-state index >= 15 is 0 Å². The monoisotopic (exact) mass is 428 g/mol. The van der Waals surface area contributed by atoms with Crippen LogP contribution in [0.3, 0.4) is 0 Å². The fraction of sp³-hybridized carbons (Fsp3) is 0.458. The topological polar surface area (TPSA) is 73.3 Å². The van der Waals surface area contributed by atoms with E-state index in [4.69, 9.17) is 14.2 Å². The summed E-state index contributed by atoms with van der Waals surface area (Å²) in [5, 5.41) is 5.97. The summed E-state index contributed by atoms with van der Waals surface area (Å²) in [5.74, 6) is 2.30. The van der Waals surface area contributed by atoms with Crippen LogP contribution in [-0.2, 0) is 13.0 Å². The summed E-state index contributed by atoms with van der Waals surface area (Å²) in [6.07, 6.45) is 0.936. The number of carbonyl (C=O) groups is 1. The predicted octanol–water partition coefficient (Wildman–Crippen LogP) is 2.10. The summed E-state index contributed by atoms with van der Waals surface area (Å²) in [6.45, 7) is 6.38. The quantitative estimate of drug-likeness (QED) is 0.602. The van der Waals surface area contributed by atoms with Crippen molar-refractivity contribution in [3.05, 3.63) is 53.1 Å². The molecule has 168 valence electrons. The van der Waals surface area contributed by atoms with Crippen LogP contribution in [0.2, 0.25) is 0 Å².